The Hall–Kier alpha value is -2.46. The van der Waals surface area contributed by atoms with Crippen LogP contribution in [0.5, 0.6) is 11.5 Å². The van der Waals surface area contributed by atoms with Gasteiger partial charge in [0.15, 0.2) is 11.5 Å². The predicted molar refractivity (Wildman–Crippen MR) is 113 cm³/mol. The second-order valence-electron chi connectivity index (χ2n) is 7.29. The Morgan fingerprint density at radius 2 is 1.96 bits per heavy atom. The molecule has 0 radical (unpaired) electrons. The number of benzene rings is 2. The van der Waals surface area contributed by atoms with Gasteiger partial charge in [0, 0.05) is 18.7 Å². The summed E-state index contributed by atoms with van der Waals surface area (Å²) in [6, 6.07) is 13.6. The molecule has 0 aliphatic carbocycles. The van der Waals surface area contributed by atoms with E-state index in [0.717, 1.165) is 6.42 Å². The molecule has 1 aliphatic rings. The first-order valence-corrected chi connectivity index (χ1v) is 9.91. The van der Waals surface area contributed by atoms with Crippen LogP contribution in [0.25, 0.3) is 5.57 Å². The molecule has 0 bridgehead atoms. The molecule has 0 N–H and O–H groups in total. The van der Waals surface area contributed by atoms with Crippen molar-refractivity contribution in [2.45, 2.75) is 20.3 Å². The Morgan fingerprint density at radius 3 is 2.57 bits per heavy atom. The molecule has 0 atom stereocenters. The van der Waals surface area contributed by atoms with Crippen molar-refractivity contribution < 1.29 is 14.3 Å². The Balaban J connectivity index is 1.76. The second kappa shape index (κ2) is 9.16. The normalized spacial score (nSPS) is 14.0. The van der Waals surface area contributed by atoms with E-state index in [1.54, 1.807) is 19.2 Å². The van der Waals surface area contributed by atoms with E-state index >= 15 is 0 Å². The standard InChI is InChI=1S/C23H26ClNO3/c1-16(2)15-28-22-20(24)13-19(14-21(22)27-3)23(26)25-11-9-18(10-12-25)17-7-5-4-6-8-17/h4-9,13-14,16H,10-12,15H2,1-3H3. The van der Waals surface area contributed by atoms with Crippen LogP contribution >= 0.6 is 11.6 Å². The van der Waals surface area contributed by atoms with Gasteiger partial charge >= 0.3 is 0 Å². The molecule has 0 aromatic heterocycles. The zero-order valence-electron chi connectivity index (χ0n) is 16.6. The molecule has 1 heterocycles. The zero-order valence-corrected chi connectivity index (χ0v) is 17.3. The van der Waals surface area contributed by atoms with E-state index in [4.69, 9.17) is 21.1 Å². The van der Waals surface area contributed by atoms with E-state index in [1.807, 2.05) is 23.1 Å². The lowest BCUT2D eigenvalue weighted by atomic mass is 9.99. The molecule has 2 aromatic rings. The van der Waals surface area contributed by atoms with Crippen LogP contribution in [-0.2, 0) is 0 Å². The monoisotopic (exact) mass is 399 g/mol. The third-order valence-electron chi connectivity index (χ3n) is 4.68. The SMILES string of the molecule is COc1cc(C(=O)N2CC=C(c3ccccc3)CC2)cc(Cl)c1OCC(C)C. The van der Waals surface area contributed by atoms with Crippen molar-refractivity contribution in [3.8, 4) is 11.5 Å². The van der Waals surface area contributed by atoms with Gasteiger partial charge in [-0.25, -0.2) is 0 Å². The summed E-state index contributed by atoms with van der Waals surface area (Å²) in [6.07, 6.45) is 2.95. The highest BCUT2D eigenvalue weighted by Crippen LogP contribution is 2.37. The van der Waals surface area contributed by atoms with Crippen molar-refractivity contribution in [1.82, 2.24) is 4.90 Å². The van der Waals surface area contributed by atoms with Gasteiger partial charge in [-0.05, 0) is 35.6 Å². The number of nitrogens with zero attached hydrogens (tertiary/aromatic N) is 1. The second-order valence-corrected chi connectivity index (χ2v) is 7.70. The van der Waals surface area contributed by atoms with Gasteiger partial charge in [-0.3, -0.25) is 4.79 Å². The largest absolute Gasteiger partial charge is 0.493 e. The van der Waals surface area contributed by atoms with Crippen LogP contribution in [0.2, 0.25) is 5.02 Å². The number of rotatable bonds is 6. The van der Waals surface area contributed by atoms with Gasteiger partial charge in [0.25, 0.3) is 5.91 Å². The number of carbonyl (C=O) groups is 1. The molecule has 0 spiro atoms. The highest BCUT2D eigenvalue weighted by atomic mass is 35.5. The maximum atomic E-state index is 13.0. The number of halogens is 1. The fourth-order valence-electron chi connectivity index (χ4n) is 3.18. The minimum absolute atomic E-state index is 0.0565. The van der Waals surface area contributed by atoms with Gasteiger partial charge in [0.2, 0.25) is 0 Å². The van der Waals surface area contributed by atoms with Crippen molar-refractivity contribution in [3.63, 3.8) is 0 Å². The molecule has 5 heteroatoms. The third kappa shape index (κ3) is 4.68. The van der Waals surface area contributed by atoms with Gasteiger partial charge in [0.05, 0.1) is 18.7 Å². The lowest BCUT2D eigenvalue weighted by Crippen LogP contribution is -2.34. The van der Waals surface area contributed by atoms with E-state index < -0.39 is 0 Å². The van der Waals surface area contributed by atoms with Gasteiger partial charge in [-0.1, -0.05) is 61.9 Å². The van der Waals surface area contributed by atoms with Gasteiger partial charge in [-0.15, -0.1) is 0 Å². The quantitative estimate of drug-likeness (QED) is 0.660. The fraction of sp³-hybridized carbons (Fsp3) is 0.348. The lowest BCUT2D eigenvalue weighted by Gasteiger charge is -2.27. The Morgan fingerprint density at radius 1 is 1.21 bits per heavy atom. The molecule has 2 aromatic carbocycles. The van der Waals surface area contributed by atoms with Gasteiger partial charge in [-0.2, -0.15) is 0 Å². The Labute approximate surface area is 171 Å². The number of carbonyl (C=O) groups excluding carboxylic acids is 1. The van der Waals surface area contributed by atoms with Crippen LogP contribution in [0.15, 0.2) is 48.5 Å². The molecule has 4 nitrogen and oxygen atoms in total. The number of methoxy groups -OCH3 is 1. The summed E-state index contributed by atoms with van der Waals surface area (Å²) in [5, 5.41) is 0.390. The number of hydrogen-bond acceptors (Lipinski definition) is 3. The maximum absolute atomic E-state index is 13.0. The topological polar surface area (TPSA) is 38.8 Å². The molecular formula is C23H26ClNO3. The van der Waals surface area contributed by atoms with Crippen LogP contribution in [0.3, 0.4) is 0 Å². The summed E-state index contributed by atoms with van der Waals surface area (Å²) in [5.74, 6) is 1.27. The highest BCUT2D eigenvalue weighted by Gasteiger charge is 2.22. The average Bonchev–Trinajstić information content (AvgIpc) is 2.72. The lowest BCUT2D eigenvalue weighted by molar-refractivity contribution is 0.0772. The predicted octanol–water partition coefficient (Wildman–Crippen LogP) is 5.31. The van der Waals surface area contributed by atoms with E-state index in [2.05, 4.69) is 32.1 Å². The molecule has 1 amide bonds. The molecule has 1 aliphatic heterocycles. The van der Waals surface area contributed by atoms with Crippen molar-refractivity contribution in [3.05, 3.63) is 64.7 Å². The molecule has 148 valence electrons. The summed E-state index contributed by atoms with van der Waals surface area (Å²) in [6.45, 7) is 5.90. The first-order valence-electron chi connectivity index (χ1n) is 9.53. The van der Waals surface area contributed by atoms with Crippen LogP contribution in [0, 0.1) is 5.92 Å². The minimum atomic E-state index is -0.0565. The van der Waals surface area contributed by atoms with E-state index in [1.165, 1.54) is 11.1 Å². The van der Waals surface area contributed by atoms with Crippen LogP contribution < -0.4 is 9.47 Å². The number of ether oxygens (including phenoxy) is 2. The third-order valence-corrected chi connectivity index (χ3v) is 4.96. The van der Waals surface area contributed by atoms with E-state index in [9.17, 15) is 4.79 Å². The fourth-order valence-corrected chi connectivity index (χ4v) is 3.45. The van der Waals surface area contributed by atoms with Crippen LogP contribution in [-0.4, -0.2) is 37.6 Å². The summed E-state index contributed by atoms with van der Waals surface area (Å²) < 4.78 is 11.2. The molecule has 28 heavy (non-hydrogen) atoms. The van der Waals surface area contributed by atoms with Crippen LogP contribution in [0.1, 0.15) is 36.2 Å². The molecule has 3 rings (SSSR count). The summed E-state index contributed by atoms with van der Waals surface area (Å²) in [4.78, 5) is 14.8. The first-order chi connectivity index (χ1) is 13.5. The summed E-state index contributed by atoms with van der Waals surface area (Å²) in [5.41, 5.74) is 3.00. The number of amides is 1. The van der Waals surface area contributed by atoms with Crippen molar-refractivity contribution in [1.29, 1.82) is 0 Å². The average molecular weight is 400 g/mol. The molecule has 0 saturated carbocycles. The summed E-state index contributed by atoms with van der Waals surface area (Å²) in [7, 11) is 1.55. The van der Waals surface area contributed by atoms with Crippen molar-refractivity contribution in [2.24, 2.45) is 5.92 Å². The zero-order chi connectivity index (χ0) is 20.1. The van der Waals surface area contributed by atoms with E-state index in [-0.39, 0.29) is 5.91 Å². The maximum Gasteiger partial charge on any atom is 0.254 e. The minimum Gasteiger partial charge on any atom is -0.493 e. The molecule has 0 fully saturated rings. The van der Waals surface area contributed by atoms with Crippen LogP contribution in [0.4, 0.5) is 0 Å². The molecule has 0 unspecified atom stereocenters. The Bertz CT molecular complexity index is 862. The molecule has 0 saturated heterocycles. The first kappa shape index (κ1) is 20.3. The Kier molecular flexibility index (Phi) is 6.63. The number of hydrogen-bond donors (Lipinski definition) is 0. The summed E-state index contributed by atoms with van der Waals surface area (Å²) >= 11 is 6.40. The van der Waals surface area contributed by atoms with E-state index in [0.29, 0.717) is 47.7 Å². The molecular weight excluding hydrogens is 374 g/mol. The van der Waals surface area contributed by atoms with Gasteiger partial charge in [0.1, 0.15) is 0 Å². The van der Waals surface area contributed by atoms with Crippen molar-refractivity contribution in [2.75, 3.05) is 26.8 Å². The van der Waals surface area contributed by atoms with Gasteiger partial charge < -0.3 is 14.4 Å². The smallest absolute Gasteiger partial charge is 0.254 e. The van der Waals surface area contributed by atoms with Crippen molar-refractivity contribution >= 4 is 23.1 Å². The highest BCUT2D eigenvalue weighted by molar-refractivity contribution is 6.32.